The topological polar surface area (TPSA) is 21.3 Å². The van der Waals surface area contributed by atoms with E-state index in [9.17, 15) is 0 Å². The second-order valence-electron chi connectivity index (χ2n) is 4.57. The molecular weight excluding hydrogens is 162 g/mol. The summed E-state index contributed by atoms with van der Waals surface area (Å²) in [6.07, 6.45) is 4.86. The van der Waals surface area contributed by atoms with Crippen molar-refractivity contribution < 1.29 is 4.74 Å². The summed E-state index contributed by atoms with van der Waals surface area (Å²) in [6, 6.07) is 0. The number of methoxy groups -OCH3 is 1. The molecule has 0 aromatic carbocycles. The lowest BCUT2D eigenvalue weighted by atomic mass is 9.85. The highest BCUT2D eigenvalue weighted by molar-refractivity contribution is 4.86. The van der Waals surface area contributed by atoms with Crippen LogP contribution in [0.2, 0.25) is 0 Å². The minimum absolute atomic E-state index is 0.190. The summed E-state index contributed by atoms with van der Waals surface area (Å²) in [4.78, 5) is 0. The molecule has 1 saturated heterocycles. The van der Waals surface area contributed by atoms with Gasteiger partial charge in [-0.3, -0.25) is 0 Å². The van der Waals surface area contributed by atoms with Gasteiger partial charge in [-0.05, 0) is 44.7 Å². The molecule has 0 amide bonds. The van der Waals surface area contributed by atoms with Crippen LogP contribution in [0.3, 0.4) is 0 Å². The van der Waals surface area contributed by atoms with Gasteiger partial charge >= 0.3 is 0 Å². The zero-order valence-corrected chi connectivity index (χ0v) is 9.23. The van der Waals surface area contributed by atoms with Crippen LogP contribution in [0, 0.1) is 5.92 Å². The number of piperidine rings is 1. The molecule has 1 aliphatic rings. The summed E-state index contributed by atoms with van der Waals surface area (Å²) in [5, 5.41) is 3.38. The Balaban J connectivity index is 2.38. The first kappa shape index (κ1) is 11.0. The van der Waals surface area contributed by atoms with Crippen molar-refractivity contribution in [3.63, 3.8) is 0 Å². The van der Waals surface area contributed by atoms with E-state index in [-0.39, 0.29) is 5.60 Å². The zero-order chi connectivity index (χ0) is 9.73. The Labute approximate surface area is 82.0 Å². The van der Waals surface area contributed by atoms with E-state index >= 15 is 0 Å². The third-order valence-corrected chi connectivity index (χ3v) is 3.13. The van der Waals surface area contributed by atoms with Crippen LogP contribution in [0.5, 0.6) is 0 Å². The second-order valence-corrected chi connectivity index (χ2v) is 4.57. The molecule has 0 radical (unpaired) electrons. The highest BCUT2D eigenvalue weighted by Crippen LogP contribution is 2.29. The number of ether oxygens (including phenoxy) is 1. The van der Waals surface area contributed by atoms with E-state index in [2.05, 4.69) is 19.2 Å². The molecule has 1 rings (SSSR count). The Morgan fingerprint density at radius 3 is 2.38 bits per heavy atom. The molecule has 78 valence electrons. The van der Waals surface area contributed by atoms with Gasteiger partial charge < -0.3 is 10.1 Å². The fourth-order valence-electron chi connectivity index (χ4n) is 1.99. The van der Waals surface area contributed by atoms with E-state index in [1.807, 2.05) is 7.11 Å². The first-order chi connectivity index (χ1) is 6.18. The molecule has 0 aromatic heterocycles. The third-order valence-electron chi connectivity index (χ3n) is 3.13. The quantitative estimate of drug-likeness (QED) is 0.725. The van der Waals surface area contributed by atoms with Crippen molar-refractivity contribution in [2.75, 3.05) is 20.2 Å². The van der Waals surface area contributed by atoms with E-state index in [1.54, 1.807) is 0 Å². The van der Waals surface area contributed by atoms with Crippen molar-refractivity contribution in [1.82, 2.24) is 5.32 Å². The Morgan fingerprint density at radius 2 is 1.92 bits per heavy atom. The highest BCUT2D eigenvalue weighted by atomic mass is 16.5. The van der Waals surface area contributed by atoms with Gasteiger partial charge in [0.2, 0.25) is 0 Å². The van der Waals surface area contributed by atoms with Gasteiger partial charge in [-0.15, -0.1) is 0 Å². The second kappa shape index (κ2) is 4.97. The summed E-state index contributed by atoms with van der Waals surface area (Å²) in [7, 11) is 1.87. The fraction of sp³-hybridized carbons (Fsp3) is 1.00. The van der Waals surface area contributed by atoms with Crippen molar-refractivity contribution in [2.45, 2.75) is 45.1 Å². The molecule has 0 spiro atoms. The van der Waals surface area contributed by atoms with Crippen LogP contribution in [0.4, 0.5) is 0 Å². The van der Waals surface area contributed by atoms with Crippen LogP contribution in [0.25, 0.3) is 0 Å². The summed E-state index contributed by atoms with van der Waals surface area (Å²) in [5.41, 5.74) is 0.190. The molecule has 2 heteroatoms. The van der Waals surface area contributed by atoms with Crippen LogP contribution < -0.4 is 5.32 Å². The predicted molar refractivity (Wildman–Crippen MR) is 55.9 cm³/mol. The van der Waals surface area contributed by atoms with Crippen molar-refractivity contribution in [1.29, 1.82) is 0 Å². The molecule has 2 nitrogen and oxygen atoms in total. The van der Waals surface area contributed by atoms with E-state index in [4.69, 9.17) is 4.74 Å². The Kier molecular flexibility index (Phi) is 4.20. The lowest BCUT2D eigenvalue weighted by Gasteiger charge is -2.37. The standard InChI is InChI=1S/C11H23NO/c1-10(2)4-5-11(13-3)6-8-12-9-7-11/h10,12H,4-9H2,1-3H3. The molecule has 1 fully saturated rings. The smallest absolute Gasteiger partial charge is 0.0703 e. The molecule has 1 aliphatic heterocycles. The summed E-state index contributed by atoms with van der Waals surface area (Å²) < 4.78 is 5.69. The lowest BCUT2D eigenvalue weighted by Crippen LogP contribution is -2.43. The number of hydrogen-bond acceptors (Lipinski definition) is 2. The molecule has 13 heavy (non-hydrogen) atoms. The molecule has 0 aromatic rings. The summed E-state index contributed by atoms with van der Waals surface area (Å²) >= 11 is 0. The summed E-state index contributed by atoms with van der Waals surface area (Å²) in [5.74, 6) is 0.793. The Hall–Kier alpha value is -0.0800. The van der Waals surface area contributed by atoms with Crippen molar-refractivity contribution >= 4 is 0 Å². The first-order valence-electron chi connectivity index (χ1n) is 5.44. The number of nitrogens with one attached hydrogen (secondary N) is 1. The Morgan fingerprint density at radius 1 is 1.31 bits per heavy atom. The molecule has 0 saturated carbocycles. The average molecular weight is 185 g/mol. The molecule has 1 heterocycles. The van der Waals surface area contributed by atoms with Crippen LogP contribution in [-0.4, -0.2) is 25.8 Å². The van der Waals surface area contributed by atoms with Gasteiger partial charge in [-0.2, -0.15) is 0 Å². The number of hydrogen-bond donors (Lipinski definition) is 1. The van der Waals surface area contributed by atoms with Crippen LogP contribution >= 0.6 is 0 Å². The van der Waals surface area contributed by atoms with Crippen molar-refractivity contribution in [2.24, 2.45) is 5.92 Å². The molecule has 0 aliphatic carbocycles. The van der Waals surface area contributed by atoms with Gasteiger partial charge in [0.05, 0.1) is 5.60 Å². The maximum atomic E-state index is 5.69. The lowest BCUT2D eigenvalue weighted by molar-refractivity contribution is -0.0436. The third kappa shape index (κ3) is 3.28. The highest BCUT2D eigenvalue weighted by Gasteiger charge is 2.31. The van der Waals surface area contributed by atoms with Gasteiger partial charge in [-0.25, -0.2) is 0 Å². The molecule has 1 N–H and O–H groups in total. The molecule has 0 unspecified atom stereocenters. The predicted octanol–water partition coefficient (Wildman–Crippen LogP) is 2.19. The summed E-state index contributed by atoms with van der Waals surface area (Å²) in [6.45, 7) is 6.80. The van der Waals surface area contributed by atoms with E-state index in [1.165, 1.54) is 25.7 Å². The van der Waals surface area contributed by atoms with Gasteiger partial charge in [0, 0.05) is 7.11 Å². The first-order valence-corrected chi connectivity index (χ1v) is 5.44. The Bertz CT molecular complexity index is 139. The molecular formula is C11H23NO. The monoisotopic (exact) mass is 185 g/mol. The number of rotatable bonds is 4. The maximum Gasteiger partial charge on any atom is 0.0703 e. The van der Waals surface area contributed by atoms with Crippen LogP contribution in [0.1, 0.15) is 39.5 Å². The maximum absolute atomic E-state index is 5.69. The van der Waals surface area contributed by atoms with Crippen LogP contribution in [-0.2, 0) is 4.74 Å². The average Bonchev–Trinajstić information content (AvgIpc) is 2.16. The minimum atomic E-state index is 0.190. The fourth-order valence-corrected chi connectivity index (χ4v) is 1.99. The van der Waals surface area contributed by atoms with E-state index < -0.39 is 0 Å². The minimum Gasteiger partial charge on any atom is -0.378 e. The van der Waals surface area contributed by atoms with E-state index in [0.29, 0.717) is 0 Å². The van der Waals surface area contributed by atoms with Crippen LogP contribution in [0.15, 0.2) is 0 Å². The van der Waals surface area contributed by atoms with Gasteiger partial charge in [0.1, 0.15) is 0 Å². The van der Waals surface area contributed by atoms with Gasteiger partial charge in [-0.1, -0.05) is 13.8 Å². The molecule has 0 bridgehead atoms. The normalized spacial score (nSPS) is 22.2. The zero-order valence-electron chi connectivity index (χ0n) is 9.23. The van der Waals surface area contributed by atoms with E-state index in [0.717, 1.165) is 19.0 Å². The SMILES string of the molecule is COC1(CCC(C)C)CCNCC1. The van der Waals surface area contributed by atoms with Gasteiger partial charge in [0.15, 0.2) is 0 Å². The van der Waals surface area contributed by atoms with Gasteiger partial charge in [0.25, 0.3) is 0 Å². The van der Waals surface area contributed by atoms with Crippen molar-refractivity contribution in [3.8, 4) is 0 Å². The van der Waals surface area contributed by atoms with Crippen molar-refractivity contribution in [3.05, 3.63) is 0 Å². The largest absolute Gasteiger partial charge is 0.378 e. The molecule has 0 atom stereocenters.